The third kappa shape index (κ3) is 2.23. The van der Waals surface area contributed by atoms with Crippen LogP contribution >= 0.6 is 25.3 Å². The Hall–Kier alpha value is -1.00. The fourth-order valence-electron chi connectivity index (χ4n) is 1.75. The van der Waals surface area contributed by atoms with Crippen LogP contribution in [0.5, 0.6) is 0 Å². The summed E-state index contributed by atoms with van der Waals surface area (Å²) in [6, 6.07) is 7.68. The lowest BCUT2D eigenvalue weighted by atomic mass is 9.94. The lowest BCUT2D eigenvalue weighted by molar-refractivity contribution is 0.937. The van der Waals surface area contributed by atoms with Gasteiger partial charge in [0, 0.05) is 17.8 Å². The molecule has 0 bridgehead atoms. The van der Waals surface area contributed by atoms with Crippen molar-refractivity contribution in [1.82, 2.24) is 0 Å². The second-order valence-corrected chi connectivity index (χ2v) is 5.82. The molecule has 16 heavy (non-hydrogen) atoms. The minimum Gasteiger partial charge on any atom is -0.402 e. The molecule has 1 aliphatic rings. The smallest absolute Gasteiger partial charge is 0.0862 e. The van der Waals surface area contributed by atoms with E-state index in [0.717, 1.165) is 22.5 Å². The van der Waals surface area contributed by atoms with Crippen LogP contribution in [-0.4, -0.2) is 4.08 Å². The average Bonchev–Trinajstić information content (AvgIpc) is 2.18. The van der Waals surface area contributed by atoms with E-state index in [9.17, 15) is 0 Å². The molecule has 1 aliphatic carbocycles. The lowest BCUT2D eigenvalue weighted by Gasteiger charge is -2.29. The molecule has 0 spiro atoms. The molecule has 0 atom stereocenters. The SMILES string of the molecule is NC1=CC=C(c2ccc(N)cc2)C(S)(S)C1. The molecule has 0 saturated heterocycles. The Morgan fingerprint density at radius 1 is 1.00 bits per heavy atom. The standard InChI is InChI=1S/C12H14N2S2/c13-9-3-1-8(2-4-9)11-6-5-10(14)7-12(11,15)16/h1-6,15-16H,7,13-14H2. The Bertz CT molecular complexity index is 458. The predicted molar refractivity (Wildman–Crippen MR) is 76.4 cm³/mol. The Kier molecular flexibility index (Phi) is 2.95. The maximum atomic E-state index is 5.77. The van der Waals surface area contributed by atoms with E-state index in [2.05, 4.69) is 25.3 Å². The van der Waals surface area contributed by atoms with Gasteiger partial charge in [-0.15, -0.1) is 0 Å². The highest BCUT2D eigenvalue weighted by molar-refractivity contribution is 8.01. The van der Waals surface area contributed by atoms with Gasteiger partial charge >= 0.3 is 0 Å². The highest BCUT2D eigenvalue weighted by atomic mass is 32.2. The number of anilines is 1. The van der Waals surface area contributed by atoms with Gasteiger partial charge in [-0.2, -0.15) is 25.3 Å². The first kappa shape index (κ1) is 11.5. The number of hydrogen-bond donors (Lipinski definition) is 4. The van der Waals surface area contributed by atoms with E-state index in [0.29, 0.717) is 6.42 Å². The van der Waals surface area contributed by atoms with Gasteiger partial charge in [0.15, 0.2) is 0 Å². The minimum atomic E-state index is -0.519. The summed E-state index contributed by atoms with van der Waals surface area (Å²) in [4.78, 5) is 0. The highest BCUT2D eigenvalue weighted by Crippen LogP contribution is 2.42. The molecule has 1 aromatic rings. The number of rotatable bonds is 1. The molecular weight excluding hydrogens is 236 g/mol. The predicted octanol–water partition coefficient (Wildman–Crippen LogP) is 2.45. The Morgan fingerprint density at radius 3 is 2.19 bits per heavy atom. The van der Waals surface area contributed by atoms with E-state index in [1.54, 1.807) is 0 Å². The number of nitrogen functional groups attached to an aromatic ring is 1. The number of benzene rings is 1. The molecule has 0 aliphatic heterocycles. The zero-order valence-electron chi connectivity index (χ0n) is 8.72. The van der Waals surface area contributed by atoms with E-state index in [-0.39, 0.29) is 0 Å². The lowest BCUT2D eigenvalue weighted by Crippen LogP contribution is -2.22. The topological polar surface area (TPSA) is 52.0 Å². The molecule has 0 heterocycles. The summed E-state index contributed by atoms with van der Waals surface area (Å²) in [7, 11) is 0. The number of thiol groups is 2. The number of hydrogen-bond acceptors (Lipinski definition) is 4. The third-order valence-electron chi connectivity index (χ3n) is 2.57. The van der Waals surface area contributed by atoms with E-state index in [1.165, 1.54) is 0 Å². The van der Waals surface area contributed by atoms with Crippen LogP contribution in [0.2, 0.25) is 0 Å². The molecule has 0 aromatic heterocycles. The third-order valence-corrected chi connectivity index (χ3v) is 3.37. The molecule has 0 amide bonds. The first-order chi connectivity index (χ1) is 7.49. The molecule has 0 fully saturated rings. The fraction of sp³-hybridized carbons (Fsp3) is 0.167. The summed E-state index contributed by atoms with van der Waals surface area (Å²) < 4.78 is -0.519. The van der Waals surface area contributed by atoms with Crippen molar-refractivity contribution >= 4 is 36.5 Å². The van der Waals surface area contributed by atoms with Crippen molar-refractivity contribution in [2.24, 2.45) is 5.73 Å². The summed E-state index contributed by atoms with van der Waals surface area (Å²) >= 11 is 9.11. The molecule has 0 saturated carbocycles. The molecule has 0 radical (unpaired) electrons. The zero-order chi connectivity index (χ0) is 11.8. The van der Waals surface area contributed by atoms with Crippen LogP contribution in [-0.2, 0) is 0 Å². The van der Waals surface area contributed by atoms with Crippen LogP contribution in [0, 0.1) is 0 Å². The summed E-state index contributed by atoms with van der Waals surface area (Å²) in [6.45, 7) is 0. The van der Waals surface area contributed by atoms with Gasteiger partial charge in [-0.3, -0.25) is 0 Å². The van der Waals surface area contributed by atoms with Crippen LogP contribution in [0.1, 0.15) is 12.0 Å². The first-order valence-corrected chi connectivity index (χ1v) is 5.86. The average molecular weight is 250 g/mol. The monoisotopic (exact) mass is 250 g/mol. The van der Waals surface area contributed by atoms with Gasteiger partial charge in [0.2, 0.25) is 0 Å². The number of allylic oxidation sites excluding steroid dienone is 3. The molecule has 2 nitrogen and oxygen atoms in total. The number of nitrogens with two attached hydrogens (primary N) is 2. The zero-order valence-corrected chi connectivity index (χ0v) is 10.5. The fourth-order valence-corrected chi connectivity index (χ4v) is 2.53. The van der Waals surface area contributed by atoms with Crippen molar-refractivity contribution in [2.75, 3.05) is 5.73 Å². The first-order valence-electron chi connectivity index (χ1n) is 4.96. The van der Waals surface area contributed by atoms with Crippen molar-refractivity contribution in [2.45, 2.75) is 10.5 Å². The summed E-state index contributed by atoms with van der Waals surface area (Å²) in [6.07, 6.45) is 4.50. The molecule has 1 aromatic carbocycles. The van der Waals surface area contributed by atoms with Crippen molar-refractivity contribution in [3.8, 4) is 0 Å². The molecule has 4 heteroatoms. The molecular formula is C12H14N2S2. The molecule has 0 unspecified atom stereocenters. The maximum absolute atomic E-state index is 5.77. The normalized spacial score (nSPS) is 18.9. The van der Waals surface area contributed by atoms with E-state index in [1.807, 2.05) is 36.4 Å². The second-order valence-electron chi connectivity index (χ2n) is 3.94. The van der Waals surface area contributed by atoms with Gasteiger partial charge in [-0.25, -0.2) is 0 Å². The van der Waals surface area contributed by atoms with Gasteiger partial charge in [0.05, 0.1) is 4.08 Å². The van der Waals surface area contributed by atoms with E-state index < -0.39 is 4.08 Å². The summed E-state index contributed by atoms with van der Waals surface area (Å²) in [5.41, 5.74) is 15.1. The second kappa shape index (κ2) is 4.11. The summed E-state index contributed by atoms with van der Waals surface area (Å²) in [5.74, 6) is 0. The maximum Gasteiger partial charge on any atom is 0.0862 e. The molecule has 84 valence electrons. The highest BCUT2D eigenvalue weighted by Gasteiger charge is 2.29. The van der Waals surface area contributed by atoms with Gasteiger partial charge < -0.3 is 11.5 Å². The van der Waals surface area contributed by atoms with Crippen LogP contribution in [0.3, 0.4) is 0 Å². The van der Waals surface area contributed by atoms with Crippen LogP contribution < -0.4 is 11.5 Å². The van der Waals surface area contributed by atoms with Gasteiger partial charge in [0.1, 0.15) is 0 Å². The van der Waals surface area contributed by atoms with E-state index in [4.69, 9.17) is 11.5 Å². The van der Waals surface area contributed by atoms with Crippen LogP contribution in [0.25, 0.3) is 5.57 Å². The quantitative estimate of drug-likeness (QED) is 0.351. The van der Waals surface area contributed by atoms with Crippen molar-refractivity contribution in [3.05, 3.63) is 47.7 Å². The van der Waals surface area contributed by atoms with Crippen molar-refractivity contribution < 1.29 is 0 Å². The van der Waals surface area contributed by atoms with Crippen LogP contribution in [0.4, 0.5) is 5.69 Å². The van der Waals surface area contributed by atoms with Crippen molar-refractivity contribution in [1.29, 1.82) is 0 Å². The van der Waals surface area contributed by atoms with Crippen LogP contribution in [0.15, 0.2) is 42.1 Å². The minimum absolute atomic E-state index is 0.519. The van der Waals surface area contributed by atoms with Gasteiger partial charge in [-0.1, -0.05) is 18.2 Å². The Labute approximate surface area is 106 Å². The van der Waals surface area contributed by atoms with Crippen molar-refractivity contribution in [3.63, 3.8) is 0 Å². The van der Waals surface area contributed by atoms with E-state index >= 15 is 0 Å². The molecule has 4 N–H and O–H groups in total. The Morgan fingerprint density at radius 2 is 1.62 bits per heavy atom. The largest absolute Gasteiger partial charge is 0.402 e. The molecule has 2 rings (SSSR count). The van der Waals surface area contributed by atoms with Gasteiger partial charge in [0.25, 0.3) is 0 Å². The summed E-state index contributed by atoms with van der Waals surface area (Å²) in [5, 5.41) is 0. The Balaban J connectivity index is 2.43. The van der Waals surface area contributed by atoms with Gasteiger partial charge in [-0.05, 0) is 29.3 Å².